The molecular formula is C28H27N5O5. The molecule has 0 saturated carbocycles. The van der Waals surface area contributed by atoms with Crippen LogP contribution in [-0.2, 0) is 9.53 Å². The van der Waals surface area contributed by atoms with Crippen molar-refractivity contribution in [3.63, 3.8) is 0 Å². The van der Waals surface area contributed by atoms with Gasteiger partial charge in [0.05, 0.1) is 6.61 Å². The summed E-state index contributed by atoms with van der Waals surface area (Å²) >= 11 is 0. The van der Waals surface area contributed by atoms with Gasteiger partial charge in [-0.2, -0.15) is 0 Å². The largest absolute Gasteiger partial charge is 0.494 e. The molecule has 0 unspecified atom stereocenters. The van der Waals surface area contributed by atoms with E-state index in [1.165, 1.54) is 0 Å². The number of nitrogens with zero attached hydrogens (tertiary/aromatic N) is 4. The minimum absolute atomic E-state index is 0.0369. The summed E-state index contributed by atoms with van der Waals surface area (Å²) in [6.45, 7) is 0.411. The van der Waals surface area contributed by atoms with E-state index < -0.39 is 17.6 Å². The van der Waals surface area contributed by atoms with Crippen molar-refractivity contribution in [1.82, 2.24) is 5.48 Å². The number of aliphatic hydroxyl groups excluding tert-OH is 1. The van der Waals surface area contributed by atoms with Crippen molar-refractivity contribution < 1.29 is 24.6 Å². The fourth-order valence-electron chi connectivity index (χ4n) is 4.18. The Labute approximate surface area is 219 Å². The minimum Gasteiger partial charge on any atom is -0.494 e. The molecule has 0 saturated heterocycles. The van der Waals surface area contributed by atoms with Crippen molar-refractivity contribution in [2.45, 2.75) is 24.5 Å². The Morgan fingerprint density at radius 1 is 1.13 bits per heavy atom. The van der Waals surface area contributed by atoms with Gasteiger partial charge in [-0.1, -0.05) is 71.9 Å². The van der Waals surface area contributed by atoms with Crippen molar-refractivity contribution in [3.8, 4) is 5.75 Å². The van der Waals surface area contributed by atoms with Gasteiger partial charge in [-0.3, -0.25) is 10.0 Å². The highest BCUT2D eigenvalue weighted by atomic mass is 16.5. The number of hydrogen-bond donors (Lipinski definition) is 3. The van der Waals surface area contributed by atoms with Gasteiger partial charge in [0.15, 0.2) is 11.6 Å². The van der Waals surface area contributed by atoms with Gasteiger partial charge in [0.25, 0.3) is 5.91 Å². The van der Waals surface area contributed by atoms with E-state index in [0.29, 0.717) is 29.9 Å². The van der Waals surface area contributed by atoms with Crippen LogP contribution in [0.15, 0.2) is 95.0 Å². The van der Waals surface area contributed by atoms with Crippen LogP contribution in [0.5, 0.6) is 5.75 Å². The van der Waals surface area contributed by atoms with Crippen LogP contribution in [0, 0.1) is 0 Å². The second-order valence-corrected chi connectivity index (χ2v) is 8.50. The van der Waals surface area contributed by atoms with E-state index in [1.54, 1.807) is 60.1 Å². The lowest BCUT2D eigenvalue weighted by atomic mass is 9.83. The fourth-order valence-corrected chi connectivity index (χ4v) is 4.18. The molecule has 0 bridgehead atoms. The molecule has 1 amide bonds. The number of carbonyl (C=O) groups is 1. The van der Waals surface area contributed by atoms with Crippen molar-refractivity contribution >= 4 is 23.6 Å². The highest BCUT2D eigenvalue weighted by Gasteiger charge is 2.53. The van der Waals surface area contributed by atoms with Gasteiger partial charge < -0.3 is 14.6 Å². The summed E-state index contributed by atoms with van der Waals surface area (Å²) in [6, 6.07) is 23.3. The SMILES string of the molecule is [N-]=[N+]=Nc1ccccc1[C@@H]1OC(c2ccc(OCCCO)cc2)=N[C@]1(C/C=C/c1ccccc1)C(=O)NO. The Morgan fingerprint density at radius 2 is 1.87 bits per heavy atom. The maximum Gasteiger partial charge on any atom is 0.275 e. The molecule has 3 N–H and O–H groups in total. The predicted molar refractivity (Wildman–Crippen MR) is 142 cm³/mol. The van der Waals surface area contributed by atoms with Crippen molar-refractivity contribution in [3.05, 3.63) is 112 Å². The van der Waals surface area contributed by atoms with E-state index in [4.69, 9.17) is 25.1 Å². The molecule has 38 heavy (non-hydrogen) atoms. The van der Waals surface area contributed by atoms with E-state index in [0.717, 1.165) is 5.56 Å². The van der Waals surface area contributed by atoms with Gasteiger partial charge in [-0.15, -0.1) is 0 Å². The predicted octanol–water partition coefficient (Wildman–Crippen LogP) is 5.26. The van der Waals surface area contributed by atoms with Gasteiger partial charge in [-0.05, 0) is 35.4 Å². The van der Waals surface area contributed by atoms with E-state index in [9.17, 15) is 10.0 Å². The first-order chi connectivity index (χ1) is 18.6. The molecule has 1 aliphatic heterocycles. The lowest BCUT2D eigenvalue weighted by Gasteiger charge is -2.29. The van der Waals surface area contributed by atoms with Gasteiger partial charge in [0.2, 0.25) is 5.90 Å². The summed E-state index contributed by atoms with van der Waals surface area (Å²) in [7, 11) is 0. The highest BCUT2D eigenvalue weighted by Crippen LogP contribution is 2.45. The van der Waals surface area contributed by atoms with Gasteiger partial charge in [0, 0.05) is 41.2 Å². The van der Waals surface area contributed by atoms with Crippen molar-refractivity contribution in [1.29, 1.82) is 0 Å². The van der Waals surface area contributed by atoms with Crippen LogP contribution in [0.3, 0.4) is 0 Å². The Kier molecular flexibility index (Phi) is 8.73. The average Bonchev–Trinajstić information content (AvgIpc) is 3.34. The Morgan fingerprint density at radius 3 is 2.58 bits per heavy atom. The van der Waals surface area contributed by atoms with E-state index >= 15 is 0 Å². The molecule has 10 nitrogen and oxygen atoms in total. The molecule has 0 aromatic heterocycles. The first-order valence-electron chi connectivity index (χ1n) is 12.0. The first-order valence-corrected chi connectivity index (χ1v) is 12.0. The lowest BCUT2D eigenvalue weighted by Crippen LogP contribution is -2.47. The number of azide groups is 1. The van der Waals surface area contributed by atoms with Gasteiger partial charge >= 0.3 is 0 Å². The van der Waals surface area contributed by atoms with Crippen molar-refractivity contribution in [2.24, 2.45) is 10.1 Å². The smallest absolute Gasteiger partial charge is 0.275 e. The number of nitrogens with one attached hydrogen (secondary N) is 1. The number of aliphatic imine (C=N–C) groups is 1. The summed E-state index contributed by atoms with van der Waals surface area (Å²) in [5.74, 6) is 0.0236. The summed E-state index contributed by atoms with van der Waals surface area (Å²) in [4.78, 5) is 20.9. The molecule has 0 spiro atoms. The number of hydrogen-bond acceptors (Lipinski definition) is 7. The molecule has 2 atom stereocenters. The quantitative estimate of drug-likeness (QED) is 0.0799. The zero-order valence-corrected chi connectivity index (χ0v) is 20.5. The minimum atomic E-state index is -1.60. The second kappa shape index (κ2) is 12.6. The number of carbonyl (C=O) groups excluding carboxylic acids is 1. The molecule has 3 aromatic carbocycles. The van der Waals surface area contributed by atoms with Gasteiger partial charge in [-0.25, -0.2) is 10.5 Å². The topological polar surface area (TPSA) is 149 Å². The van der Waals surface area contributed by atoms with Crippen molar-refractivity contribution in [2.75, 3.05) is 13.2 Å². The Balaban J connectivity index is 1.75. The van der Waals surface area contributed by atoms with E-state index in [2.05, 4.69) is 10.0 Å². The third-order valence-corrected chi connectivity index (χ3v) is 6.04. The zero-order chi connectivity index (χ0) is 26.8. The molecular weight excluding hydrogens is 486 g/mol. The summed E-state index contributed by atoms with van der Waals surface area (Å²) in [5.41, 5.74) is 11.5. The number of aliphatic hydroxyl groups is 1. The molecule has 10 heteroatoms. The standard InChI is InChI=1S/C28H27N5O5/c29-33-31-24-12-5-4-11-23(24)25-28(27(35)32-36,17-6-10-20-8-2-1-3-9-20)30-26(38-25)21-13-15-22(16-14-21)37-19-7-18-34/h1-6,8-16,25,34,36H,7,17-19H2,(H,32,35)/b10-6+/t25-,28-/m0/s1. The van der Waals surface area contributed by atoms with Gasteiger partial charge in [0.1, 0.15) is 5.75 Å². The lowest BCUT2D eigenvalue weighted by molar-refractivity contribution is -0.137. The van der Waals surface area contributed by atoms with Crippen LogP contribution in [0.25, 0.3) is 16.5 Å². The third kappa shape index (κ3) is 5.84. The third-order valence-electron chi connectivity index (χ3n) is 6.04. The summed E-state index contributed by atoms with van der Waals surface area (Å²) in [6.07, 6.45) is 3.23. The molecule has 0 fully saturated rings. The second-order valence-electron chi connectivity index (χ2n) is 8.50. The number of ether oxygens (including phenoxy) is 2. The first kappa shape index (κ1) is 26.4. The fraction of sp³-hybridized carbons (Fsp3) is 0.214. The number of rotatable bonds is 11. The van der Waals surface area contributed by atoms with Crippen LogP contribution in [0.4, 0.5) is 5.69 Å². The molecule has 0 aliphatic carbocycles. The van der Waals surface area contributed by atoms with E-state index in [-0.39, 0.29) is 24.6 Å². The number of hydroxylamine groups is 1. The molecule has 1 aliphatic rings. The molecule has 194 valence electrons. The Bertz CT molecular complexity index is 1350. The van der Waals surface area contributed by atoms with Crippen LogP contribution in [0.1, 0.15) is 35.6 Å². The van der Waals surface area contributed by atoms with Crippen LogP contribution < -0.4 is 10.2 Å². The van der Waals surface area contributed by atoms with Crippen LogP contribution in [-0.4, -0.2) is 40.9 Å². The summed E-state index contributed by atoms with van der Waals surface area (Å²) in [5, 5.41) is 22.5. The number of benzene rings is 3. The maximum atomic E-state index is 13.3. The molecule has 3 aromatic rings. The monoisotopic (exact) mass is 513 g/mol. The zero-order valence-electron chi connectivity index (χ0n) is 20.5. The molecule has 1 heterocycles. The molecule has 0 radical (unpaired) electrons. The van der Waals surface area contributed by atoms with Crippen LogP contribution >= 0.6 is 0 Å². The summed E-state index contributed by atoms with van der Waals surface area (Å²) < 4.78 is 11.9. The Hall–Kier alpha value is -4.63. The maximum absolute atomic E-state index is 13.3. The number of amides is 1. The highest BCUT2D eigenvalue weighted by molar-refractivity contribution is 6.01. The molecule has 4 rings (SSSR count). The van der Waals surface area contributed by atoms with E-state index in [1.807, 2.05) is 36.4 Å². The normalized spacial score (nSPS) is 18.4. The average molecular weight is 514 g/mol. The van der Waals surface area contributed by atoms with Crippen LogP contribution in [0.2, 0.25) is 0 Å².